The van der Waals surface area contributed by atoms with Gasteiger partial charge in [-0.1, -0.05) is 29.3 Å². The van der Waals surface area contributed by atoms with E-state index >= 15 is 0 Å². The zero-order valence-corrected chi connectivity index (χ0v) is 19.7. The maximum absolute atomic E-state index is 13.2. The summed E-state index contributed by atoms with van der Waals surface area (Å²) in [5, 5.41) is 3.38. The number of nitrogens with zero attached hydrogens (tertiary/aromatic N) is 2. The van der Waals surface area contributed by atoms with E-state index in [9.17, 15) is 17.6 Å². The van der Waals surface area contributed by atoms with Gasteiger partial charge in [-0.25, -0.2) is 12.8 Å². The molecule has 1 saturated heterocycles. The molecular weight excluding hydrogens is 488 g/mol. The Hall–Kier alpha value is -2.65. The highest BCUT2D eigenvalue weighted by atomic mass is 35.5. The van der Waals surface area contributed by atoms with E-state index in [1.807, 2.05) is 4.90 Å². The molecule has 1 N–H and O–H groups in total. The molecule has 10 heteroatoms. The van der Waals surface area contributed by atoms with Crippen molar-refractivity contribution >= 4 is 50.5 Å². The summed E-state index contributed by atoms with van der Waals surface area (Å²) in [5.41, 5.74) is 1.35. The monoisotopic (exact) mass is 507 g/mol. The van der Waals surface area contributed by atoms with E-state index in [1.165, 1.54) is 46.8 Å². The summed E-state index contributed by atoms with van der Waals surface area (Å²) in [6, 6.07) is 16.6. The van der Waals surface area contributed by atoms with Gasteiger partial charge in [0.15, 0.2) is 0 Å². The third-order valence-corrected chi connectivity index (χ3v) is 7.80. The molecule has 1 fully saturated rings. The fourth-order valence-corrected chi connectivity index (χ4v) is 5.38. The van der Waals surface area contributed by atoms with Crippen LogP contribution in [0.5, 0.6) is 0 Å². The van der Waals surface area contributed by atoms with E-state index in [4.69, 9.17) is 23.2 Å². The van der Waals surface area contributed by atoms with Crippen molar-refractivity contribution in [3.63, 3.8) is 0 Å². The minimum Gasteiger partial charge on any atom is -0.369 e. The zero-order valence-electron chi connectivity index (χ0n) is 17.3. The van der Waals surface area contributed by atoms with Crippen LogP contribution in [0.3, 0.4) is 0 Å². The number of carbonyl (C=O) groups excluding carboxylic acids is 1. The van der Waals surface area contributed by atoms with Gasteiger partial charge in [-0.15, -0.1) is 0 Å². The number of hydrogen-bond acceptors (Lipinski definition) is 4. The maximum Gasteiger partial charge on any atom is 0.255 e. The third-order valence-electron chi connectivity index (χ3n) is 5.34. The molecule has 172 valence electrons. The molecule has 0 aliphatic carbocycles. The number of sulfonamides is 1. The van der Waals surface area contributed by atoms with Crippen LogP contribution < -0.4 is 10.2 Å². The highest BCUT2D eigenvalue weighted by Crippen LogP contribution is 2.27. The van der Waals surface area contributed by atoms with Crippen molar-refractivity contribution < 1.29 is 17.6 Å². The van der Waals surface area contributed by atoms with E-state index in [0.29, 0.717) is 28.8 Å². The minimum atomic E-state index is -3.80. The molecule has 1 aliphatic rings. The van der Waals surface area contributed by atoms with Gasteiger partial charge in [0.1, 0.15) is 5.82 Å². The second kappa shape index (κ2) is 9.69. The molecule has 0 bridgehead atoms. The lowest BCUT2D eigenvalue weighted by Crippen LogP contribution is -2.48. The van der Waals surface area contributed by atoms with E-state index in [-0.39, 0.29) is 29.4 Å². The third kappa shape index (κ3) is 5.30. The van der Waals surface area contributed by atoms with Gasteiger partial charge in [-0.3, -0.25) is 4.79 Å². The number of piperazine rings is 1. The number of anilines is 2. The number of rotatable bonds is 5. The smallest absolute Gasteiger partial charge is 0.255 e. The van der Waals surface area contributed by atoms with E-state index in [1.54, 1.807) is 24.3 Å². The molecule has 0 saturated carbocycles. The van der Waals surface area contributed by atoms with Crippen LogP contribution in [0.4, 0.5) is 15.8 Å². The van der Waals surface area contributed by atoms with Crippen LogP contribution in [-0.4, -0.2) is 44.8 Å². The first kappa shape index (κ1) is 23.5. The second-order valence-corrected chi connectivity index (χ2v) is 10.3. The molecule has 0 spiro atoms. The normalized spacial score (nSPS) is 14.8. The van der Waals surface area contributed by atoms with Crippen molar-refractivity contribution in [1.29, 1.82) is 0 Å². The van der Waals surface area contributed by atoms with Gasteiger partial charge < -0.3 is 10.2 Å². The van der Waals surface area contributed by atoms with Gasteiger partial charge in [0.05, 0.1) is 15.6 Å². The standard InChI is InChI=1S/C23H20Cl2FN3O3S/c24-17-4-9-21(25)22(15-17)27-23(30)16-2-1-3-20(14-16)33(31,32)29-12-10-28(11-13-29)19-7-5-18(26)6-8-19/h1-9,14-15H,10-13H2,(H,27,30). The number of hydrogen-bond donors (Lipinski definition) is 1. The molecule has 3 aromatic carbocycles. The summed E-state index contributed by atoms with van der Waals surface area (Å²) in [7, 11) is -3.80. The van der Waals surface area contributed by atoms with Gasteiger partial charge in [0.25, 0.3) is 5.91 Å². The fraction of sp³-hybridized carbons (Fsp3) is 0.174. The van der Waals surface area contributed by atoms with E-state index in [2.05, 4.69) is 5.32 Å². The van der Waals surface area contributed by atoms with E-state index in [0.717, 1.165) is 5.69 Å². The summed E-state index contributed by atoms with van der Waals surface area (Å²) < 4.78 is 40.9. The molecule has 33 heavy (non-hydrogen) atoms. The van der Waals surface area contributed by atoms with Gasteiger partial charge >= 0.3 is 0 Å². The Kier molecular flexibility index (Phi) is 6.90. The molecular formula is C23H20Cl2FN3O3S. The van der Waals surface area contributed by atoms with Crippen LogP contribution in [0.1, 0.15) is 10.4 Å². The number of benzene rings is 3. The van der Waals surface area contributed by atoms with Gasteiger partial charge in [0, 0.05) is 42.5 Å². The Bertz CT molecular complexity index is 1280. The predicted octanol–water partition coefficient (Wildman–Crippen LogP) is 4.90. The van der Waals surface area contributed by atoms with Crippen LogP contribution in [0.15, 0.2) is 71.6 Å². The van der Waals surface area contributed by atoms with E-state index < -0.39 is 15.9 Å². The molecule has 4 rings (SSSR count). The Morgan fingerprint density at radius 2 is 1.61 bits per heavy atom. The molecule has 1 heterocycles. The van der Waals surface area contributed by atoms with Crippen molar-refractivity contribution in [3.8, 4) is 0 Å². The lowest BCUT2D eigenvalue weighted by Gasteiger charge is -2.35. The van der Waals surface area contributed by atoms with Gasteiger partial charge in [-0.2, -0.15) is 4.31 Å². The topological polar surface area (TPSA) is 69.7 Å². The first-order valence-electron chi connectivity index (χ1n) is 10.1. The second-order valence-electron chi connectivity index (χ2n) is 7.47. The first-order chi connectivity index (χ1) is 15.7. The Morgan fingerprint density at radius 3 is 2.30 bits per heavy atom. The quantitative estimate of drug-likeness (QED) is 0.533. The molecule has 0 aromatic heterocycles. The Labute approximate surface area is 201 Å². The number of halogens is 3. The van der Waals surface area contributed by atoms with Crippen molar-refractivity contribution in [1.82, 2.24) is 4.31 Å². The number of nitrogens with one attached hydrogen (secondary N) is 1. The summed E-state index contributed by atoms with van der Waals surface area (Å²) in [5.74, 6) is -0.820. The predicted molar refractivity (Wildman–Crippen MR) is 128 cm³/mol. The summed E-state index contributed by atoms with van der Waals surface area (Å²) >= 11 is 12.1. The highest BCUT2D eigenvalue weighted by Gasteiger charge is 2.29. The minimum absolute atomic E-state index is 0.0302. The molecule has 0 unspecified atom stereocenters. The average Bonchev–Trinajstić information content (AvgIpc) is 2.82. The molecule has 1 amide bonds. The maximum atomic E-state index is 13.2. The molecule has 0 atom stereocenters. The largest absolute Gasteiger partial charge is 0.369 e. The summed E-state index contributed by atoms with van der Waals surface area (Å²) in [6.45, 7) is 1.49. The Morgan fingerprint density at radius 1 is 0.909 bits per heavy atom. The number of carbonyl (C=O) groups is 1. The van der Waals surface area contributed by atoms with Crippen molar-refractivity contribution in [2.75, 3.05) is 36.4 Å². The average molecular weight is 508 g/mol. The molecule has 3 aromatic rings. The lowest BCUT2D eigenvalue weighted by atomic mass is 10.2. The molecule has 6 nitrogen and oxygen atoms in total. The lowest BCUT2D eigenvalue weighted by molar-refractivity contribution is 0.102. The van der Waals surface area contributed by atoms with Crippen molar-refractivity contribution in [2.24, 2.45) is 0 Å². The van der Waals surface area contributed by atoms with Crippen LogP contribution in [-0.2, 0) is 10.0 Å². The van der Waals surface area contributed by atoms with Crippen LogP contribution in [0.25, 0.3) is 0 Å². The van der Waals surface area contributed by atoms with Crippen molar-refractivity contribution in [3.05, 3.63) is 88.2 Å². The Balaban J connectivity index is 1.47. The summed E-state index contributed by atoms with van der Waals surface area (Å²) in [6.07, 6.45) is 0. The van der Waals surface area contributed by atoms with Crippen LogP contribution >= 0.6 is 23.2 Å². The number of amides is 1. The molecule has 0 radical (unpaired) electrons. The van der Waals surface area contributed by atoms with Crippen LogP contribution in [0, 0.1) is 5.82 Å². The molecule has 1 aliphatic heterocycles. The summed E-state index contributed by atoms with van der Waals surface area (Å²) in [4.78, 5) is 14.7. The van der Waals surface area contributed by atoms with Gasteiger partial charge in [0.2, 0.25) is 10.0 Å². The van der Waals surface area contributed by atoms with Crippen molar-refractivity contribution in [2.45, 2.75) is 4.90 Å². The SMILES string of the molecule is O=C(Nc1cc(Cl)ccc1Cl)c1cccc(S(=O)(=O)N2CCN(c3ccc(F)cc3)CC2)c1. The fourth-order valence-electron chi connectivity index (χ4n) is 3.57. The first-order valence-corrected chi connectivity index (χ1v) is 12.3. The van der Waals surface area contributed by atoms with Gasteiger partial charge in [-0.05, 0) is 60.7 Å². The highest BCUT2D eigenvalue weighted by molar-refractivity contribution is 7.89. The van der Waals surface area contributed by atoms with Crippen LogP contribution in [0.2, 0.25) is 10.0 Å². The zero-order chi connectivity index (χ0) is 23.6.